The van der Waals surface area contributed by atoms with Crippen LogP contribution < -0.4 is 10.1 Å². The third-order valence-corrected chi connectivity index (χ3v) is 3.31. The Balaban J connectivity index is 1.83. The molecule has 1 atom stereocenters. The summed E-state index contributed by atoms with van der Waals surface area (Å²) in [7, 11) is 0. The van der Waals surface area contributed by atoms with Crippen LogP contribution >= 0.6 is 23.2 Å². The first kappa shape index (κ1) is 15.7. The lowest BCUT2D eigenvalue weighted by Gasteiger charge is -2.15. The Bertz CT molecular complexity index is 597. The van der Waals surface area contributed by atoms with Crippen LogP contribution in [-0.2, 0) is 0 Å². The minimum Gasteiger partial charge on any atom is -0.489 e. The van der Waals surface area contributed by atoms with Crippen LogP contribution in [0.2, 0.25) is 10.0 Å². The Morgan fingerprint density at radius 3 is 2.14 bits per heavy atom. The van der Waals surface area contributed by atoms with Crippen LogP contribution in [0.1, 0.15) is 17.3 Å². The zero-order chi connectivity index (χ0) is 15.2. The molecule has 2 aromatic carbocycles. The average molecular weight is 324 g/mol. The number of amides is 1. The first-order chi connectivity index (χ1) is 10.0. The molecule has 21 heavy (non-hydrogen) atoms. The van der Waals surface area contributed by atoms with Gasteiger partial charge in [-0.2, -0.15) is 0 Å². The molecule has 0 spiro atoms. The predicted octanol–water partition coefficient (Wildman–Crippen LogP) is 4.19. The molecule has 0 fully saturated rings. The number of nitrogens with one attached hydrogen (secondary N) is 1. The Morgan fingerprint density at radius 1 is 1.05 bits per heavy atom. The standard InChI is InChI=1S/C16H15Cl2NO2/c1-11(21-15-8-6-14(18)7-9-15)10-19-16(20)12-2-4-13(17)5-3-12/h2-9,11H,10H2,1H3,(H,19,20). The van der Waals surface area contributed by atoms with Gasteiger partial charge in [0, 0.05) is 15.6 Å². The van der Waals surface area contributed by atoms with Crippen molar-refractivity contribution in [2.45, 2.75) is 13.0 Å². The lowest BCUT2D eigenvalue weighted by molar-refractivity contribution is 0.0932. The lowest BCUT2D eigenvalue weighted by Crippen LogP contribution is -2.33. The maximum Gasteiger partial charge on any atom is 0.251 e. The van der Waals surface area contributed by atoms with Gasteiger partial charge in [0.05, 0.1) is 6.54 Å². The zero-order valence-electron chi connectivity index (χ0n) is 11.5. The van der Waals surface area contributed by atoms with E-state index >= 15 is 0 Å². The SMILES string of the molecule is CC(CNC(=O)c1ccc(Cl)cc1)Oc1ccc(Cl)cc1. The molecule has 0 bridgehead atoms. The molecular formula is C16H15Cl2NO2. The van der Waals surface area contributed by atoms with E-state index in [9.17, 15) is 4.79 Å². The summed E-state index contributed by atoms with van der Waals surface area (Å²) in [6.45, 7) is 2.29. The second-order valence-corrected chi connectivity index (χ2v) is 5.47. The van der Waals surface area contributed by atoms with Gasteiger partial charge in [0.1, 0.15) is 11.9 Å². The monoisotopic (exact) mass is 323 g/mol. The van der Waals surface area contributed by atoms with Gasteiger partial charge in [-0.15, -0.1) is 0 Å². The summed E-state index contributed by atoms with van der Waals surface area (Å²) in [4.78, 5) is 11.9. The quantitative estimate of drug-likeness (QED) is 0.895. The molecule has 0 radical (unpaired) electrons. The summed E-state index contributed by atoms with van der Waals surface area (Å²) in [5.74, 6) is 0.561. The Hall–Kier alpha value is -1.71. The van der Waals surface area contributed by atoms with Crippen LogP contribution in [0.5, 0.6) is 5.75 Å². The van der Waals surface area contributed by atoms with E-state index in [0.717, 1.165) is 0 Å². The highest BCUT2D eigenvalue weighted by Crippen LogP contribution is 2.16. The fourth-order valence-electron chi connectivity index (χ4n) is 1.73. The normalized spacial score (nSPS) is 11.8. The summed E-state index contributed by atoms with van der Waals surface area (Å²) < 4.78 is 5.68. The van der Waals surface area contributed by atoms with Crippen LogP contribution in [0.3, 0.4) is 0 Å². The number of benzene rings is 2. The molecule has 0 aliphatic rings. The van der Waals surface area contributed by atoms with E-state index in [-0.39, 0.29) is 12.0 Å². The maximum atomic E-state index is 11.9. The number of hydrogen-bond donors (Lipinski definition) is 1. The third kappa shape index (κ3) is 4.96. The van der Waals surface area contributed by atoms with Crippen molar-refractivity contribution in [1.29, 1.82) is 0 Å². The van der Waals surface area contributed by atoms with E-state index in [4.69, 9.17) is 27.9 Å². The van der Waals surface area contributed by atoms with Crippen molar-refractivity contribution in [2.75, 3.05) is 6.54 Å². The topological polar surface area (TPSA) is 38.3 Å². The van der Waals surface area contributed by atoms with Crippen LogP contribution in [0.4, 0.5) is 0 Å². The van der Waals surface area contributed by atoms with Crippen LogP contribution in [0.15, 0.2) is 48.5 Å². The van der Waals surface area contributed by atoms with E-state index in [0.29, 0.717) is 27.9 Å². The van der Waals surface area contributed by atoms with Gasteiger partial charge < -0.3 is 10.1 Å². The number of carbonyl (C=O) groups excluding carboxylic acids is 1. The Kier molecular flexibility index (Phi) is 5.48. The molecule has 110 valence electrons. The molecule has 1 amide bonds. The van der Waals surface area contributed by atoms with E-state index in [2.05, 4.69) is 5.32 Å². The molecule has 0 saturated heterocycles. The highest BCUT2D eigenvalue weighted by molar-refractivity contribution is 6.30. The fraction of sp³-hybridized carbons (Fsp3) is 0.188. The highest BCUT2D eigenvalue weighted by Gasteiger charge is 2.09. The van der Waals surface area contributed by atoms with Crippen molar-refractivity contribution in [3.05, 3.63) is 64.1 Å². The molecule has 0 saturated carbocycles. The Labute approximate surface area is 133 Å². The smallest absolute Gasteiger partial charge is 0.251 e. The number of rotatable bonds is 5. The summed E-state index contributed by atoms with van der Waals surface area (Å²) in [6, 6.07) is 13.8. The first-order valence-electron chi connectivity index (χ1n) is 6.50. The molecule has 5 heteroatoms. The van der Waals surface area contributed by atoms with E-state index < -0.39 is 0 Å². The van der Waals surface area contributed by atoms with Gasteiger partial charge in [-0.25, -0.2) is 0 Å². The molecule has 0 aliphatic carbocycles. The third-order valence-electron chi connectivity index (χ3n) is 2.81. The summed E-state index contributed by atoms with van der Waals surface area (Å²) >= 11 is 11.6. The number of hydrogen-bond acceptors (Lipinski definition) is 2. The van der Waals surface area contributed by atoms with E-state index in [1.165, 1.54) is 0 Å². The average Bonchev–Trinajstić information content (AvgIpc) is 2.48. The van der Waals surface area contributed by atoms with Gasteiger partial charge in [0.25, 0.3) is 5.91 Å². The van der Waals surface area contributed by atoms with Crippen LogP contribution in [0, 0.1) is 0 Å². The minimum atomic E-state index is -0.154. The maximum absolute atomic E-state index is 11.9. The lowest BCUT2D eigenvalue weighted by atomic mass is 10.2. The molecule has 2 rings (SSSR count). The van der Waals surface area contributed by atoms with Crippen molar-refractivity contribution in [1.82, 2.24) is 5.32 Å². The van der Waals surface area contributed by atoms with Gasteiger partial charge >= 0.3 is 0 Å². The van der Waals surface area contributed by atoms with Crippen LogP contribution in [0.25, 0.3) is 0 Å². The Morgan fingerprint density at radius 2 is 1.57 bits per heavy atom. The second kappa shape index (κ2) is 7.34. The van der Waals surface area contributed by atoms with Crippen molar-refractivity contribution in [3.8, 4) is 5.75 Å². The number of ether oxygens (including phenoxy) is 1. The van der Waals surface area contributed by atoms with Crippen molar-refractivity contribution in [3.63, 3.8) is 0 Å². The highest BCUT2D eigenvalue weighted by atomic mass is 35.5. The van der Waals surface area contributed by atoms with Crippen molar-refractivity contribution < 1.29 is 9.53 Å². The predicted molar refractivity (Wildman–Crippen MR) is 85.3 cm³/mol. The molecule has 0 aliphatic heterocycles. The van der Waals surface area contributed by atoms with Crippen molar-refractivity contribution >= 4 is 29.1 Å². The van der Waals surface area contributed by atoms with E-state index in [1.54, 1.807) is 48.5 Å². The molecule has 3 nitrogen and oxygen atoms in total. The van der Waals surface area contributed by atoms with Gasteiger partial charge in [-0.3, -0.25) is 4.79 Å². The minimum absolute atomic E-state index is 0.151. The van der Waals surface area contributed by atoms with E-state index in [1.807, 2.05) is 6.92 Å². The van der Waals surface area contributed by atoms with Gasteiger partial charge in [-0.1, -0.05) is 23.2 Å². The molecular weight excluding hydrogens is 309 g/mol. The first-order valence-corrected chi connectivity index (χ1v) is 7.26. The molecule has 0 aromatic heterocycles. The number of carbonyl (C=O) groups is 1. The molecule has 2 aromatic rings. The number of halogens is 2. The zero-order valence-corrected chi connectivity index (χ0v) is 13.0. The van der Waals surface area contributed by atoms with Crippen molar-refractivity contribution in [2.24, 2.45) is 0 Å². The molecule has 1 unspecified atom stereocenters. The van der Waals surface area contributed by atoms with Gasteiger partial charge in [-0.05, 0) is 55.5 Å². The summed E-state index contributed by atoms with van der Waals surface area (Å²) in [6.07, 6.45) is -0.151. The molecule has 1 N–H and O–H groups in total. The van der Waals surface area contributed by atoms with Crippen LogP contribution in [-0.4, -0.2) is 18.6 Å². The second-order valence-electron chi connectivity index (χ2n) is 4.60. The summed E-state index contributed by atoms with van der Waals surface area (Å²) in [5.41, 5.74) is 0.568. The molecule has 0 heterocycles. The largest absolute Gasteiger partial charge is 0.489 e. The summed E-state index contributed by atoms with van der Waals surface area (Å²) in [5, 5.41) is 4.08. The van der Waals surface area contributed by atoms with Gasteiger partial charge in [0.2, 0.25) is 0 Å². The fourth-order valence-corrected chi connectivity index (χ4v) is 1.98. The van der Waals surface area contributed by atoms with Gasteiger partial charge in [0.15, 0.2) is 0 Å².